The highest BCUT2D eigenvalue weighted by atomic mass is 32.2. The topological polar surface area (TPSA) is 38.3 Å². The molecule has 4 heteroatoms. The predicted octanol–water partition coefficient (Wildman–Crippen LogP) is 1.02. The summed E-state index contributed by atoms with van der Waals surface area (Å²) in [5.41, 5.74) is 0. The van der Waals surface area contributed by atoms with Crippen molar-refractivity contribution in [1.29, 1.82) is 0 Å². The molecule has 0 heterocycles. The van der Waals surface area contributed by atoms with Crippen LogP contribution in [0.3, 0.4) is 0 Å². The van der Waals surface area contributed by atoms with E-state index in [9.17, 15) is 4.21 Å². The molecular weight excluding hydrogens is 198 g/mol. The van der Waals surface area contributed by atoms with Gasteiger partial charge in [0.05, 0.1) is 6.61 Å². The van der Waals surface area contributed by atoms with E-state index >= 15 is 0 Å². The maximum Gasteiger partial charge on any atom is 0.0591 e. The first-order valence-corrected chi connectivity index (χ1v) is 6.86. The SMILES string of the molecule is CC(C)COCCNC(C)CS(C)=O. The normalized spacial score (nSPS) is 15.8. The molecule has 0 rings (SSSR count). The zero-order valence-corrected chi connectivity index (χ0v) is 10.5. The molecule has 0 aliphatic heterocycles. The minimum atomic E-state index is -0.714. The number of rotatable bonds is 8. The van der Waals surface area contributed by atoms with Crippen LogP contribution in [-0.4, -0.2) is 42.0 Å². The van der Waals surface area contributed by atoms with Crippen LogP contribution in [0.5, 0.6) is 0 Å². The number of nitrogens with one attached hydrogen (secondary N) is 1. The van der Waals surface area contributed by atoms with Crippen molar-refractivity contribution >= 4 is 10.8 Å². The van der Waals surface area contributed by atoms with Crippen molar-refractivity contribution in [3.05, 3.63) is 0 Å². The lowest BCUT2D eigenvalue weighted by molar-refractivity contribution is 0.111. The van der Waals surface area contributed by atoms with Crippen molar-refractivity contribution in [2.75, 3.05) is 31.8 Å². The Balaban J connectivity index is 3.23. The molecule has 0 saturated heterocycles. The summed E-state index contributed by atoms with van der Waals surface area (Å²) in [6.45, 7) is 8.70. The van der Waals surface area contributed by atoms with E-state index < -0.39 is 10.8 Å². The van der Waals surface area contributed by atoms with E-state index in [4.69, 9.17) is 4.74 Å². The van der Waals surface area contributed by atoms with E-state index in [-0.39, 0.29) is 0 Å². The summed E-state index contributed by atoms with van der Waals surface area (Å²) in [6.07, 6.45) is 1.73. The molecule has 3 nitrogen and oxygen atoms in total. The molecule has 14 heavy (non-hydrogen) atoms. The molecular formula is C10H23NO2S. The molecule has 0 radical (unpaired) electrons. The van der Waals surface area contributed by atoms with Gasteiger partial charge in [0.2, 0.25) is 0 Å². The van der Waals surface area contributed by atoms with E-state index in [0.717, 1.165) is 19.8 Å². The standard InChI is InChI=1S/C10H23NO2S/c1-9(2)7-13-6-5-11-10(3)8-14(4)12/h9-11H,5-8H2,1-4H3. The maximum absolute atomic E-state index is 10.9. The third-order valence-corrected chi connectivity index (χ3v) is 2.64. The Morgan fingerprint density at radius 3 is 2.50 bits per heavy atom. The third kappa shape index (κ3) is 10.2. The molecule has 0 aliphatic carbocycles. The van der Waals surface area contributed by atoms with Gasteiger partial charge in [0, 0.05) is 42.0 Å². The molecule has 1 N–H and O–H groups in total. The van der Waals surface area contributed by atoms with Crippen LogP contribution in [-0.2, 0) is 15.5 Å². The molecule has 0 spiro atoms. The second-order valence-electron chi connectivity index (χ2n) is 4.06. The summed E-state index contributed by atoms with van der Waals surface area (Å²) < 4.78 is 16.3. The van der Waals surface area contributed by atoms with Crippen molar-refractivity contribution in [3.8, 4) is 0 Å². The lowest BCUT2D eigenvalue weighted by Gasteiger charge is -2.12. The summed E-state index contributed by atoms with van der Waals surface area (Å²) >= 11 is 0. The first-order chi connectivity index (χ1) is 6.52. The molecule has 0 saturated carbocycles. The highest BCUT2D eigenvalue weighted by Crippen LogP contribution is 1.91. The summed E-state index contributed by atoms with van der Waals surface area (Å²) in [5.74, 6) is 1.31. The second kappa shape index (κ2) is 8.38. The van der Waals surface area contributed by atoms with Crippen LogP contribution in [0.4, 0.5) is 0 Å². The van der Waals surface area contributed by atoms with E-state index in [1.807, 2.05) is 6.92 Å². The van der Waals surface area contributed by atoms with E-state index in [1.54, 1.807) is 6.26 Å². The molecule has 0 aromatic heterocycles. The molecule has 2 unspecified atom stereocenters. The summed E-state index contributed by atoms with van der Waals surface area (Å²) in [7, 11) is -0.714. The lowest BCUT2D eigenvalue weighted by Crippen LogP contribution is -2.33. The minimum absolute atomic E-state index is 0.309. The third-order valence-electron chi connectivity index (χ3n) is 1.68. The van der Waals surface area contributed by atoms with Crippen LogP contribution in [0.15, 0.2) is 0 Å². The van der Waals surface area contributed by atoms with Crippen molar-refractivity contribution < 1.29 is 8.95 Å². The largest absolute Gasteiger partial charge is 0.380 e. The Labute approximate surface area is 90.1 Å². The van der Waals surface area contributed by atoms with Crippen molar-refractivity contribution in [2.45, 2.75) is 26.8 Å². The molecule has 0 bridgehead atoms. The van der Waals surface area contributed by atoms with Gasteiger partial charge >= 0.3 is 0 Å². The van der Waals surface area contributed by atoms with Gasteiger partial charge in [-0.2, -0.15) is 0 Å². The number of ether oxygens (including phenoxy) is 1. The summed E-state index contributed by atoms with van der Waals surface area (Å²) in [6, 6.07) is 0.309. The van der Waals surface area contributed by atoms with Crippen molar-refractivity contribution in [2.24, 2.45) is 5.92 Å². The zero-order valence-electron chi connectivity index (χ0n) is 9.71. The van der Waals surface area contributed by atoms with Crippen LogP contribution in [0.1, 0.15) is 20.8 Å². The van der Waals surface area contributed by atoms with Gasteiger partial charge in [-0.05, 0) is 12.8 Å². The molecule has 0 aromatic carbocycles. The van der Waals surface area contributed by atoms with Gasteiger partial charge in [0.1, 0.15) is 0 Å². The van der Waals surface area contributed by atoms with Crippen LogP contribution in [0.25, 0.3) is 0 Å². The Morgan fingerprint density at radius 1 is 1.36 bits per heavy atom. The van der Waals surface area contributed by atoms with Gasteiger partial charge in [-0.1, -0.05) is 13.8 Å². The predicted molar refractivity (Wildman–Crippen MR) is 62.1 cm³/mol. The molecule has 0 aliphatic rings. The first kappa shape index (κ1) is 14.1. The fraction of sp³-hybridized carbons (Fsp3) is 1.00. The van der Waals surface area contributed by atoms with Crippen LogP contribution >= 0.6 is 0 Å². The average molecular weight is 221 g/mol. The van der Waals surface area contributed by atoms with Gasteiger partial charge in [-0.25, -0.2) is 0 Å². The smallest absolute Gasteiger partial charge is 0.0591 e. The Hall–Kier alpha value is 0.0700. The molecule has 0 aromatic rings. The molecule has 2 atom stereocenters. The average Bonchev–Trinajstić information content (AvgIpc) is 2.01. The Kier molecular flexibility index (Phi) is 8.43. The van der Waals surface area contributed by atoms with E-state index in [2.05, 4.69) is 19.2 Å². The maximum atomic E-state index is 10.9. The van der Waals surface area contributed by atoms with E-state index in [0.29, 0.717) is 17.7 Å². The zero-order chi connectivity index (χ0) is 11.0. The number of hydrogen-bond acceptors (Lipinski definition) is 3. The van der Waals surface area contributed by atoms with Gasteiger partial charge in [0.25, 0.3) is 0 Å². The van der Waals surface area contributed by atoms with Crippen molar-refractivity contribution in [1.82, 2.24) is 5.32 Å². The van der Waals surface area contributed by atoms with Gasteiger partial charge in [-0.3, -0.25) is 4.21 Å². The fourth-order valence-electron chi connectivity index (χ4n) is 1.11. The van der Waals surface area contributed by atoms with E-state index in [1.165, 1.54) is 0 Å². The summed E-state index contributed by atoms with van der Waals surface area (Å²) in [5, 5.41) is 3.27. The molecule has 0 amide bonds. The van der Waals surface area contributed by atoms with Gasteiger partial charge in [0.15, 0.2) is 0 Å². The van der Waals surface area contributed by atoms with Gasteiger partial charge < -0.3 is 10.1 Å². The molecule has 0 fully saturated rings. The monoisotopic (exact) mass is 221 g/mol. The van der Waals surface area contributed by atoms with Crippen LogP contribution in [0.2, 0.25) is 0 Å². The lowest BCUT2D eigenvalue weighted by atomic mass is 10.2. The fourth-order valence-corrected chi connectivity index (χ4v) is 1.93. The second-order valence-corrected chi connectivity index (χ2v) is 5.54. The highest BCUT2D eigenvalue weighted by Gasteiger charge is 2.02. The Morgan fingerprint density at radius 2 is 2.00 bits per heavy atom. The molecule has 86 valence electrons. The van der Waals surface area contributed by atoms with Crippen LogP contribution < -0.4 is 5.32 Å². The quantitative estimate of drug-likeness (QED) is 0.622. The highest BCUT2D eigenvalue weighted by molar-refractivity contribution is 7.84. The minimum Gasteiger partial charge on any atom is -0.380 e. The van der Waals surface area contributed by atoms with Crippen LogP contribution in [0, 0.1) is 5.92 Å². The number of hydrogen-bond donors (Lipinski definition) is 1. The first-order valence-electron chi connectivity index (χ1n) is 5.13. The van der Waals surface area contributed by atoms with Crippen molar-refractivity contribution in [3.63, 3.8) is 0 Å². The van der Waals surface area contributed by atoms with Gasteiger partial charge in [-0.15, -0.1) is 0 Å². The Bertz CT molecular complexity index is 162. The summed E-state index contributed by atoms with van der Waals surface area (Å²) in [4.78, 5) is 0.